The molecule has 0 saturated carbocycles. The summed E-state index contributed by atoms with van der Waals surface area (Å²) in [6.45, 7) is 2.17. The first kappa shape index (κ1) is 14.4. The molecule has 0 fully saturated rings. The number of nitrogens with zero attached hydrogens (tertiary/aromatic N) is 2. The van der Waals surface area contributed by atoms with Crippen LogP contribution in [-0.2, 0) is 14.4 Å². The molecule has 0 aliphatic rings. The quantitative estimate of drug-likeness (QED) is 0.618. The van der Waals surface area contributed by atoms with Crippen LogP contribution in [0.1, 0.15) is 13.3 Å². The van der Waals surface area contributed by atoms with Gasteiger partial charge in [0.25, 0.3) is 0 Å². The molecule has 16 heavy (non-hydrogen) atoms. The maximum absolute atomic E-state index is 11.6. The fourth-order valence-electron chi connectivity index (χ4n) is 1.03. The van der Waals surface area contributed by atoms with Gasteiger partial charge in [0.1, 0.15) is 6.42 Å². The van der Waals surface area contributed by atoms with E-state index in [9.17, 15) is 14.4 Å². The molecule has 6 nitrogen and oxygen atoms in total. The monoisotopic (exact) mass is 229 g/mol. The summed E-state index contributed by atoms with van der Waals surface area (Å²) in [6, 6.07) is 0. The van der Waals surface area contributed by atoms with Crippen molar-refractivity contribution in [3.8, 4) is 0 Å². The van der Waals surface area contributed by atoms with Crippen molar-refractivity contribution in [1.29, 1.82) is 0 Å². The average molecular weight is 229 g/mol. The Morgan fingerprint density at radius 1 is 1.12 bits per heavy atom. The van der Waals surface area contributed by atoms with Gasteiger partial charge in [-0.2, -0.15) is 0 Å². The summed E-state index contributed by atoms with van der Waals surface area (Å²) in [7, 11) is 4.68. The Bertz CT molecular complexity index is 276. The van der Waals surface area contributed by atoms with Gasteiger partial charge in [-0.1, -0.05) is 0 Å². The molecule has 0 bridgehead atoms. The smallest absolute Gasteiger partial charge is 0.239 e. The van der Waals surface area contributed by atoms with Gasteiger partial charge in [-0.3, -0.25) is 14.4 Å². The molecule has 0 aliphatic heterocycles. The van der Waals surface area contributed by atoms with Gasteiger partial charge in [-0.05, 0) is 6.92 Å². The third-order valence-electron chi connectivity index (χ3n) is 2.15. The minimum Gasteiger partial charge on any atom is -0.358 e. The molecule has 0 aromatic rings. The third-order valence-corrected chi connectivity index (χ3v) is 2.15. The zero-order valence-corrected chi connectivity index (χ0v) is 10.2. The topological polar surface area (TPSA) is 69.7 Å². The van der Waals surface area contributed by atoms with Crippen LogP contribution in [0, 0.1) is 0 Å². The van der Waals surface area contributed by atoms with Crippen molar-refractivity contribution in [2.75, 3.05) is 34.2 Å². The van der Waals surface area contributed by atoms with Crippen molar-refractivity contribution in [2.45, 2.75) is 13.3 Å². The van der Waals surface area contributed by atoms with Crippen LogP contribution in [0.4, 0.5) is 0 Å². The lowest BCUT2D eigenvalue weighted by atomic mass is 10.3. The maximum Gasteiger partial charge on any atom is 0.239 e. The Hall–Kier alpha value is -1.59. The van der Waals surface area contributed by atoms with Gasteiger partial charge in [0.15, 0.2) is 0 Å². The Kier molecular flexibility index (Phi) is 6.14. The second-order valence-electron chi connectivity index (χ2n) is 3.55. The predicted molar refractivity (Wildman–Crippen MR) is 59.6 cm³/mol. The van der Waals surface area contributed by atoms with Crippen LogP contribution in [0.5, 0.6) is 0 Å². The first-order valence-corrected chi connectivity index (χ1v) is 5.10. The average Bonchev–Trinajstić information content (AvgIpc) is 2.24. The summed E-state index contributed by atoms with van der Waals surface area (Å²) in [6.07, 6.45) is -0.197. The minimum atomic E-state index is -0.329. The summed E-state index contributed by atoms with van der Waals surface area (Å²) >= 11 is 0. The van der Waals surface area contributed by atoms with Crippen LogP contribution < -0.4 is 5.32 Å². The van der Waals surface area contributed by atoms with E-state index in [1.165, 1.54) is 16.8 Å². The van der Waals surface area contributed by atoms with Gasteiger partial charge < -0.3 is 15.1 Å². The molecule has 0 spiro atoms. The van der Waals surface area contributed by atoms with E-state index in [-0.39, 0.29) is 30.7 Å². The number of hydrogen-bond acceptors (Lipinski definition) is 3. The number of nitrogens with one attached hydrogen (secondary N) is 1. The molecular formula is C10H19N3O3. The van der Waals surface area contributed by atoms with E-state index in [0.29, 0.717) is 6.54 Å². The second kappa shape index (κ2) is 6.81. The van der Waals surface area contributed by atoms with Gasteiger partial charge in [0.2, 0.25) is 17.7 Å². The van der Waals surface area contributed by atoms with Gasteiger partial charge in [0, 0.05) is 27.7 Å². The first-order chi connectivity index (χ1) is 7.42. The van der Waals surface area contributed by atoms with Crippen molar-refractivity contribution in [3.05, 3.63) is 0 Å². The number of amides is 3. The van der Waals surface area contributed by atoms with Crippen molar-refractivity contribution in [2.24, 2.45) is 0 Å². The highest BCUT2D eigenvalue weighted by Gasteiger charge is 2.18. The summed E-state index contributed by atoms with van der Waals surface area (Å²) in [5.41, 5.74) is 0. The van der Waals surface area contributed by atoms with Gasteiger partial charge in [-0.25, -0.2) is 0 Å². The predicted octanol–water partition coefficient (Wildman–Crippen LogP) is -0.941. The molecule has 1 N–H and O–H groups in total. The van der Waals surface area contributed by atoms with Crippen LogP contribution >= 0.6 is 0 Å². The molecule has 0 aromatic heterocycles. The van der Waals surface area contributed by atoms with Gasteiger partial charge in [0.05, 0.1) is 6.54 Å². The number of carbonyl (C=O) groups excluding carboxylic acids is 3. The van der Waals surface area contributed by atoms with Crippen LogP contribution in [-0.4, -0.2) is 61.8 Å². The molecule has 0 aliphatic carbocycles. The molecule has 92 valence electrons. The highest BCUT2D eigenvalue weighted by atomic mass is 16.2. The molecule has 6 heteroatoms. The zero-order chi connectivity index (χ0) is 12.7. The molecular weight excluding hydrogens is 210 g/mol. The SMILES string of the molecule is CCN(CC(=O)NC)C(=O)CC(=O)N(C)C. The van der Waals surface area contributed by atoms with E-state index in [1.54, 1.807) is 21.0 Å². The van der Waals surface area contributed by atoms with Crippen LogP contribution in [0.15, 0.2) is 0 Å². The lowest BCUT2D eigenvalue weighted by molar-refractivity contribution is -0.141. The largest absolute Gasteiger partial charge is 0.358 e. The van der Waals surface area contributed by atoms with Crippen LogP contribution in [0.3, 0.4) is 0 Å². The summed E-state index contributed by atoms with van der Waals surface area (Å²) < 4.78 is 0. The van der Waals surface area contributed by atoms with E-state index in [1.807, 2.05) is 0 Å². The number of rotatable bonds is 5. The molecule has 0 unspecified atom stereocenters. The molecule has 0 heterocycles. The number of hydrogen-bond donors (Lipinski definition) is 1. The fraction of sp³-hybridized carbons (Fsp3) is 0.700. The summed E-state index contributed by atoms with van der Waals surface area (Å²) in [5, 5.41) is 2.43. The maximum atomic E-state index is 11.6. The van der Waals surface area contributed by atoms with Crippen molar-refractivity contribution < 1.29 is 14.4 Å². The summed E-state index contributed by atoms with van der Waals surface area (Å²) in [5.74, 6) is -0.836. The van der Waals surface area contributed by atoms with Gasteiger partial charge in [-0.15, -0.1) is 0 Å². The van der Waals surface area contributed by atoms with Crippen molar-refractivity contribution in [3.63, 3.8) is 0 Å². The molecule has 0 radical (unpaired) electrons. The Labute approximate surface area is 95.6 Å². The van der Waals surface area contributed by atoms with E-state index < -0.39 is 0 Å². The standard InChI is InChI=1S/C10H19N3O3/c1-5-13(7-8(14)11-2)10(16)6-9(15)12(3)4/h5-7H2,1-4H3,(H,11,14). The number of likely N-dealkylation sites (N-methyl/N-ethyl adjacent to an activating group) is 2. The highest BCUT2D eigenvalue weighted by molar-refractivity contribution is 5.97. The normalized spacial score (nSPS) is 9.50. The number of carbonyl (C=O) groups is 3. The lowest BCUT2D eigenvalue weighted by Gasteiger charge is -2.20. The van der Waals surface area contributed by atoms with Crippen LogP contribution in [0.25, 0.3) is 0 Å². The first-order valence-electron chi connectivity index (χ1n) is 5.10. The molecule has 0 saturated heterocycles. The molecule has 0 rings (SSSR count). The Morgan fingerprint density at radius 2 is 1.69 bits per heavy atom. The second-order valence-corrected chi connectivity index (χ2v) is 3.55. The third kappa shape index (κ3) is 4.77. The van der Waals surface area contributed by atoms with Crippen LogP contribution in [0.2, 0.25) is 0 Å². The molecule has 0 aromatic carbocycles. The van der Waals surface area contributed by atoms with E-state index in [2.05, 4.69) is 5.32 Å². The van der Waals surface area contributed by atoms with Gasteiger partial charge >= 0.3 is 0 Å². The fourth-order valence-corrected chi connectivity index (χ4v) is 1.03. The Morgan fingerprint density at radius 3 is 2.06 bits per heavy atom. The van der Waals surface area contributed by atoms with Crippen molar-refractivity contribution >= 4 is 17.7 Å². The Balaban J connectivity index is 4.31. The van der Waals surface area contributed by atoms with E-state index in [4.69, 9.17) is 0 Å². The highest BCUT2D eigenvalue weighted by Crippen LogP contribution is 1.96. The summed E-state index contributed by atoms with van der Waals surface area (Å²) in [4.78, 5) is 36.8. The van der Waals surface area contributed by atoms with Crippen molar-refractivity contribution in [1.82, 2.24) is 15.1 Å². The molecule has 0 atom stereocenters. The zero-order valence-electron chi connectivity index (χ0n) is 10.2. The lowest BCUT2D eigenvalue weighted by Crippen LogP contribution is -2.41. The van der Waals surface area contributed by atoms with E-state index in [0.717, 1.165) is 0 Å². The van der Waals surface area contributed by atoms with E-state index >= 15 is 0 Å². The minimum absolute atomic E-state index is 0.00740. The molecule has 3 amide bonds.